The van der Waals surface area contributed by atoms with Crippen LogP contribution in [0.2, 0.25) is 0 Å². The van der Waals surface area contributed by atoms with Crippen LogP contribution in [0, 0.1) is 11.8 Å². The molecular weight excluding hydrogens is 218 g/mol. The minimum absolute atomic E-state index is 0.453. The van der Waals surface area contributed by atoms with Crippen molar-refractivity contribution >= 4 is 22.1 Å². The highest BCUT2D eigenvalue weighted by Crippen LogP contribution is 2.22. The van der Waals surface area contributed by atoms with Gasteiger partial charge in [0, 0.05) is 11.0 Å². The molecule has 0 aliphatic heterocycles. The van der Waals surface area contributed by atoms with Crippen molar-refractivity contribution in [1.82, 2.24) is 0 Å². The monoisotopic (exact) mass is 235 g/mol. The second-order valence-corrected chi connectivity index (χ2v) is 4.26. The van der Waals surface area contributed by atoms with Crippen molar-refractivity contribution < 1.29 is 4.84 Å². The van der Waals surface area contributed by atoms with Crippen LogP contribution in [-0.4, -0.2) is 18.2 Å². The van der Waals surface area contributed by atoms with Gasteiger partial charge in [-0.05, 0) is 18.3 Å². The lowest BCUT2D eigenvalue weighted by atomic mass is 9.93. The smallest absolute Gasteiger partial charge is 0.106 e. The van der Waals surface area contributed by atoms with Gasteiger partial charge in [-0.25, -0.2) is 0 Å². The van der Waals surface area contributed by atoms with Crippen LogP contribution in [0.3, 0.4) is 0 Å². The van der Waals surface area contributed by atoms with E-state index in [1.807, 2.05) is 6.21 Å². The molecule has 0 heterocycles. The highest BCUT2D eigenvalue weighted by atomic mass is 79.9. The van der Waals surface area contributed by atoms with Crippen molar-refractivity contribution in [2.24, 2.45) is 17.0 Å². The fourth-order valence-corrected chi connectivity index (χ4v) is 1.48. The molecule has 0 aliphatic rings. The first-order valence-corrected chi connectivity index (χ1v) is 5.25. The van der Waals surface area contributed by atoms with Crippen LogP contribution in [0.4, 0.5) is 0 Å². The standard InChI is InChI=1S/C9H18BrNO/c1-5-9(10)8(3)7(2)6-11-12-4/h6-9H,5H2,1-4H3/t7-,8+,9+/m1/s1. The molecule has 72 valence electrons. The first-order valence-electron chi connectivity index (χ1n) is 4.34. The van der Waals surface area contributed by atoms with Crippen molar-refractivity contribution in [3.8, 4) is 0 Å². The Kier molecular flexibility index (Phi) is 6.44. The summed E-state index contributed by atoms with van der Waals surface area (Å²) >= 11 is 3.63. The molecule has 0 amide bonds. The Bertz CT molecular complexity index is 138. The maximum atomic E-state index is 4.63. The van der Waals surface area contributed by atoms with E-state index in [0.717, 1.165) is 6.42 Å². The molecule has 0 spiro atoms. The van der Waals surface area contributed by atoms with Gasteiger partial charge in [0.1, 0.15) is 7.11 Å². The number of oxime groups is 1. The Morgan fingerprint density at radius 2 is 2.08 bits per heavy atom. The van der Waals surface area contributed by atoms with E-state index in [2.05, 4.69) is 46.7 Å². The number of rotatable bonds is 5. The number of halogens is 1. The number of hydrogen-bond donors (Lipinski definition) is 0. The van der Waals surface area contributed by atoms with Crippen molar-refractivity contribution in [1.29, 1.82) is 0 Å². The zero-order chi connectivity index (χ0) is 9.56. The fourth-order valence-electron chi connectivity index (χ4n) is 0.994. The van der Waals surface area contributed by atoms with Crippen molar-refractivity contribution in [3.63, 3.8) is 0 Å². The summed E-state index contributed by atoms with van der Waals surface area (Å²) in [4.78, 5) is 5.20. The van der Waals surface area contributed by atoms with Gasteiger partial charge >= 0.3 is 0 Å². The SMILES string of the molecule is CC[C@H](Br)[C@@H](C)[C@H](C)C=NOC. The van der Waals surface area contributed by atoms with Gasteiger partial charge < -0.3 is 4.84 Å². The summed E-state index contributed by atoms with van der Waals surface area (Å²) in [5.41, 5.74) is 0. The number of nitrogens with zero attached hydrogens (tertiary/aromatic N) is 1. The highest BCUT2D eigenvalue weighted by Gasteiger charge is 2.17. The first kappa shape index (κ1) is 11.9. The topological polar surface area (TPSA) is 21.6 Å². The van der Waals surface area contributed by atoms with Gasteiger partial charge in [-0.2, -0.15) is 0 Å². The lowest BCUT2D eigenvalue weighted by Crippen LogP contribution is -2.19. The molecule has 0 aromatic carbocycles. The zero-order valence-corrected chi connectivity index (χ0v) is 9.84. The minimum Gasteiger partial charge on any atom is -0.399 e. The van der Waals surface area contributed by atoms with Crippen LogP contribution in [0.1, 0.15) is 27.2 Å². The van der Waals surface area contributed by atoms with E-state index in [1.54, 1.807) is 7.11 Å². The third kappa shape index (κ3) is 4.10. The van der Waals surface area contributed by atoms with E-state index >= 15 is 0 Å². The maximum absolute atomic E-state index is 4.63. The summed E-state index contributed by atoms with van der Waals surface area (Å²) < 4.78 is 0. The summed E-state index contributed by atoms with van der Waals surface area (Å²) in [6, 6.07) is 0. The molecule has 0 aromatic rings. The summed E-state index contributed by atoms with van der Waals surface area (Å²) in [6.07, 6.45) is 3.00. The second-order valence-electron chi connectivity index (χ2n) is 3.08. The highest BCUT2D eigenvalue weighted by molar-refractivity contribution is 9.09. The third-order valence-electron chi connectivity index (χ3n) is 2.19. The van der Waals surface area contributed by atoms with Crippen molar-refractivity contribution in [3.05, 3.63) is 0 Å². The van der Waals surface area contributed by atoms with Crippen LogP contribution in [0.5, 0.6) is 0 Å². The largest absolute Gasteiger partial charge is 0.399 e. The van der Waals surface area contributed by atoms with Crippen LogP contribution in [-0.2, 0) is 4.84 Å². The average Bonchev–Trinajstić information content (AvgIpc) is 2.11. The van der Waals surface area contributed by atoms with Gasteiger partial charge in [0.2, 0.25) is 0 Å². The van der Waals surface area contributed by atoms with E-state index in [9.17, 15) is 0 Å². The van der Waals surface area contributed by atoms with Crippen LogP contribution in [0.15, 0.2) is 5.16 Å². The minimum atomic E-state index is 0.453. The van der Waals surface area contributed by atoms with Crippen LogP contribution in [0.25, 0.3) is 0 Å². The molecule has 3 heteroatoms. The Hall–Kier alpha value is -0.0500. The van der Waals surface area contributed by atoms with Crippen LogP contribution < -0.4 is 0 Å². The summed E-state index contributed by atoms with van der Waals surface area (Å²) in [6.45, 7) is 6.54. The second kappa shape index (κ2) is 6.46. The van der Waals surface area contributed by atoms with E-state index in [-0.39, 0.29) is 0 Å². The normalized spacial score (nSPS) is 19.1. The molecule has 0 N–H and O–H groups in total. The Balaban J connectivity index is 3.91. The third-order valence-corrected chi connectivity index (χ3v) is 3.67. The lowest BCUT2D eigenvalue weighted by Gasteiger charge is -2.20. The summed E-state index contributed by atoms with van der Waals surface area (Å²) in [7, 11) is 1.57. The molecule has 0 saturated carbocycles. The van der Waals surface area contributed by atoms with E-state index in [0.29, 0.717) is 16.7 Å². The van der Waals surface area contributed by atoms with Gasteiger partial charge in [0.25, 0.3) is 0 Å². The summed E-state index contributed by atoms with van der Waals surface area (Å²) in [5, 5.41) is 3.76. The van der Waals surface area contributed by atoms with E-state index < -0.39 is 0 Å². The van der Waals surface area contributed by atoms with Crippen molar-refractivity contribution in [2.45, 2.75) is 32.0 Å². The molecule has 12 heavy (non-hydrogen) atoms. The van der Waals surface area contributed by atoms with Crippen molar-refractivity contribution in [2.75, 3.05) is 7.11 Å². The molecule has 0 rings (SSSR count). The van der Waals surface area contributed by atoms with Gasteiger partial charge in [-0.15, -0.1) is 0 Å². The molecule has 0 bridgehead atoms. The molecule has 3 atom stereocenters. The number of alkyl halides is 1. The molecule has 0 unspecified atom stereocenters. The van der Waals surface area contributed by atoms with Gasteiger partial charge in [0.05, 0.1) is 0 Å². The molecule has 0 aromatic heterocycles. The van der Waals surface area contributed by atoms with Gasteiger partial charge in [-0.1, -0.05) is 41.9 Å². The maximum Gasteiger partial charge on any atom is 0.106 e. The molecule has 0 radical (unpaired) electrons. The molecule has 0 aliphatic carbocycles. The number of hydrogen-bond acceptors (Lipinski definition) is 2. The molecule has 0 saturated heterocycles. The Morgan fingerprint density at radius 1 is 1.50 bits per heavy atom. The lowest BCUT2D eigenvalue weighted by molar-refractivity contribution is 0.212. The Labute approximate surface area is 83.5 Å². The predicted octanol–water partition coefficient (Wildman–Crippen LogP) is 3.06. The molecule has 2 nitrogen and oxygen atoms in total. The fraction of sp³-hybridized carbons (Fsp3) is 0.889. The van der Waals surface area contributed by atoms with Gasteiger partial charge in [-0.3, -0.25) is 0 Å². The van der Waals surface area contributed by atoms with E-state index in [1.165, 1.54) is 0 Å². The Morgan fingerprint density at radius 3 is 2.50 bits per heavy atom. The average molecular weight is 236 g/mol. The van der Waals surface area contributed by atoms with Crippen LogP contribution >= 0.6 is 15.9 Å². The molecule has 0 fully saturated rings. The zero-order valence-electron chi connectivity index (χ0n) is 8.25. The van der Waals surface area contributed by atoms with E-state index in [4.69, 9.17) is 0 Å². The van der Waals surface area contributed by atoms with Gasteiger partial charge in [0.15, 0.2) is 0 Å². The molecular formula is C9H18BrNO. The first-order chi connectivity index (χ1) is 5.63. The quantitative estimate of drug-likeness (QED) is 0.408. The predicted molar refractivity (Wildman–Crippen MR) is 56.8 cm³/mol. The summed E-state index contributed by atoms with van der Waals surface area (Å²) in [5.74, 6) is 1.04.